The van der Waals surface area contributed by atoms with Crippen LogP contribution in [-0.2, 0) is 4.74 Å². The van der Waals surface area contributed by atoms with Gasteiger partial charge in [-0.25, -0.2) is 0 Å². The van der Waals surface area contributed by atoms with Crippen molar-refractivity contribution in [2.24, 2.45) is 0 Å². The minimum Gasteiger partial charge on any atom is -0.462 e. The zero-order valence-corrected chi connectivity index (χ0v) is 10.4. The highest BCUT2D eigenvalue weighted by atomic mass is 35.5. The average molecular weight is 240 g/mol. The minimum absolute atomic E-state index is 0.220. The molecule has 1 aromatic rings. The van der Waals surface area contributed by atoms with Gasteiger partial charge in [-0.15, -0.1) is 0 Å². The first-order valence-corrected chi connectivity index (χ1v) is 5.97. The second-order valence-electron chi connectivity index (χ2n) is 4.01. The molecule has 1 aliphatic rings. The fourth-order valence-electron chi connectivity index (χ4n) is 1.97. The van der Waals surface area contributed by atoms with Crippen molar-refractivity contribution < 1.29 is 9.47 Å². The Morgan fingerprint density at radius 2 is 2.06 bits per heavy atom. The Bertz CT molecular complexity index is 386. The molecule has 0 fully saturated rings. The third-order valence-corrected chi connectivity index (χ3v) is 3.28. The van der Waals surface area contributed by atoms with E-state index in [4.69, 9.17) is 21.1 Å². The minimum atomic E-state index is -0.534. The van der Waals surface area contributed by atoms with Crippen LogP contribution in [0.25, 0.3) is 0 Å². The quantitative estimate of drug-likeness (QED) is 0.772. The Labute approximate surface area is 102 Å². The van der Waals surface area contributed by atoms with Gasteiger partial charge in [0.1, 0.15) is 5.75 Å². The smallest absolute Gasteiger partial charge is 0.210 e. The average Bonchev–Trinajstić information content (AvgIpc) is 2.30. The molecule has 1 radical (unpaired) electrons. The van der Waals surface area contributed by atoms with Gasteiger partial charge in [-0.3, -0.25) is 0 Å². The number of benzene rings is 1. The molecule has 0 spiro atoms. The summed E-state index contributed by atoms with van der Waals surface area (Å²) >= 11 is 5.94. The lowest BCUT2D eigenvalue weighted by atomic mass is 10.0. The van der Waals surface area contributed by atoms with Crippen LogP contribution in [0.3, 0.4) is 0 Å². The molecule has 16 heavy (non-hydrogen) atoms. The third kappa shape index (κ3) is 1.92. The first-order valence-electron chi connectivity index (χ1n) is 5.59. The second-order valence-corrected chi connectivity index (χ2v) is 4.44. The molecule has 1 heterocycles. The zero-order valence-electron chi connectivity index (χ0n) is 9.63. The Morgan fingerprint density at radius 3 is 2.69 bits per heavy atom. The van der Waals surface area contributed by atoms with E-state index < -0.39 is 5.79 Å². The molecule has 2 nitrogen and oxygen atoms in total. The van der Waals surface area contributed by atoms with Gasteiger partial charge in [0.05, 0.1) is 6.10 Å². The molecular formula is C13H16ClO2. The van der Waals surface area contributed by atoms with Crippen molar-refractivity contribution in [2.45, 2.75) is 38.6 Å². The van der Waals surface area contributed by atoms with Gasteiger partial charge in [0.15, 0.2) is 0 Å². The molecule has 1 atom stereocenters. The van der Waals surface area contributed by atoms with Gasteiger partial charge in [0, 0.05) is 23.4 Å². The van der Waals surface area contributed by atoms with E-state index in [0.29, 0.717) is 5.02 Å². The molecule has 0 bridgehead atoms. The van der Waals surface area contributed by atoms with E-state index in [1.807, 2.05) is 18.2 Å². The highest BCUT2D eigenvalue weighted by Crippen LogP contribution is 2.42. The van der Waals surface area contributed by atoms with Crippen LogP contribution in [0.2, 0.25) is 5.02 Å². The molecule has 1 unspecified atom stereocenters. The molecular weight excluding hydrogens is 224 g/mol. The normalized spacial score (nSPS) is 22.4. The summed E-state index contributed by atoms with van der Waals surface area (Å²) in [5.74, 6) is 0.298. The van der Waals surface area contributed by atoms with Crippen LogP contribution in [0.1, 0.15) is 38.4 Å². The monoisotopic (exact) mass is 239 g/mol. The lowest BCUT2D eigenvalue weighted by molar-refractivity contribution is -0.222. The molecule has 87 valence electrons. The molecule has 0 saturated heterocycles. The SMILES string of the molecule is [CH2]C1OC(CC)(CC)Oc2ccc(Cl)cc21. The van der Waals surface area contributed by atoms with Crippen molar-refractivity contribution in [2.75, 3.05) is 0 Å². The van der Waals surface area contributed by atoms with Gasteiger partial charge in [0.2, 0.25) is 5.79 Å². The van der Waals surface area contributed by atoms with Crippen LogP contribution in [0.15, 0.2) is 18.2 Å². The summed E-state index contributed by atoms with van der Waals surface area (Å²) in [4.78, 5) is 0. The van der Waals surface area contributed by atoms with Crippen molar-refractivity contribution >= 4 is 11.6 Å². The van der Waals surface area contributed by atoms with Crippen LogP contribution in [0.4, 0.5) is 0 Å². The third-order valence-electron chi connectivity index (χ3n) is 3.05. The van der Waals surface area contributed by atoms with Crippen LogP contribution in [0, 0.1) is 6.92 Å². The molecule has 0 aliphatic carbocycles. The molecule has 1 aromatic carbocycles. The maximum Gasteiger partial charge on any atom is 0.210 e. The standard InChI is InChI=1S/C13H16ClO2/c1-4-13(5-2)15-9(3)11-8-10(14)6-7-12(11)16-13/h6-9H,3-5H2,1-2H3. The molecule has 0 aromatic heterocycles. The number of hydrogen-bond acceptors (Lipinski definition) is 2. The van der Waals surface area contributed by atoms with E-state index in [1.165, 1.54) is 0 Å². The zero-order chi connectivity index (χ0) is 11.8. The van der Waals surface area contributed by atoms with Crippen molar-refractivity contribution in [1.29, 1.82) is 0 Å². The van der Waals surface area contributed by atoms with Gasteiger partial charge in [0.25, 0.3) is 0 Å². The van der Waals surface area contributed by atoms with Crippen molar-refractivity contribution in [3.63, 3.8) is 0 Å². The van der Waals surface area contributed by atoms with Crippen molar-refractivity contribution in [3.8, 4) is 5.75 Å². The van der Waals surface area contributed by atoms with Gasteiger partial charge < -0.3 is 9.47 Å². The predicted octanol–water partition coefficient (Wildman–Crippen LogP) is 4.14. The van der Waals surface area contributed by atoms with E-state index in [2.05, 4.69) is 20.8 Å². The van der Waals surface area contributed by atoms with Crippen LogP contribution in [0.5, 0.6) is 5.75 Å². The Morgan fingerprint density at radius 1 is 1.38 bits per heavy atom. The summed E-state index contributed by atoms with van der Waals surface area (Å²) in [5.41, 5.74) is 0.921. The highest BCUT2D eigenvalue weighted by molar-refractivity contribution is 6.30. The summed E-state index contributed by atoms with van der Waals surface area (Å²) in [6, 6.07) is 5.57. The summed E-state index contributed by atoms with van der Waals surface area (Å²) in [7, 11) is 0. The van der Waals surface area contributed by atoms with Crippen LogP contribution < -0.4 is 4.74 Å². The summed E-state index contributed by atoms with van der Waals surface area (Å²) in [6.07, 6.45) is 1.39. The van der Waals surface area contributed by atoms with Gasteiger partial charge in [-0.1, -0.05) is 25.4 Å². The Kier molecular flexibility index (Phi) is 3.13. The molecule has 0 amide bonds. The van der Waals surface area contributed by atoms with Gasteiger partial charge in [-0.2, -0.15) is 0 Å². The number of halogens is 1. The fraction of sp³-hybridized carbons (Fsp3) is 0.462. The molecule has 0 saturated carbocycles. The van der Waals surface area contributed by atoms with Crippen LogP contribution in [-0.4, -0.2) is 5.79 Å². The largest absolute Gasteiger partial charge is 0.462 e. The highest BCUT2D eigenvalue weighted by Gasteiger charge is 2.37. The van der Waals surface area contributed by atoms with E-state index >= 15 is 0 Å². The lowest BCUT2D eigenvalue weighted by Gasteiger charge is -2.40. The summed E-state index contributed by atoms with van der Waals surface area (Å²) < 4.78 is 11.8. The van der Waals surface area contributed by atoms with Crippen LogP contribution >= 0.6 is 11.6 Å². The van der Waals surface area contributed by atoms with Crippen molar-refractivity contribution in [3.05, 3.63) is 35.7 Å². The topological polar surface area (TPSA) is 18.5 Å². The second kappa shape index (κ2) is 4.27. The summed E-state index contributed by atoms with van der Waals surface area (Å²) in [5, 5.41) is 0.681. The first-order chi connectivity index (χ1) is 7.60. The molecule has 1 aliphatic heterocycles. The molecule has 0 N–H and O–H groups in total. The maximum absolute atomic E-state index is 5.94. The van der Waals surface area contributed by atoms with E-state index in [9.17, 15) is 0 Å². The van der Waals surface area contributed by atoms with Gasteiger partial charge in [-0.05, 0) is 25.1 Å². The first kappa shape index (κ1) is 11.7. The number of rotatable bonds is 2. The fourth-order valence-corrected chi connectivity index (χ4v) is 2.15. The van der Waals surface area contributed by atoms with Crippen molar-refractivity contribution in [1.82, 2.24) is 0 Å². The molecule has 3 heteroatoms. The Balaban J connectivity index is 2.40. The molecule has 2 rings (SSSR count). The Hall–Kier alpha value is -0.730. The number of ether oxygens (including phenoxy) is 2. The lowest BCUT2D eigenvalue weighted by Crippen LogP contribution is -2.42. The van der Waals surface area contributed by atoms with E-state index in [0.717, 1.165) is 24.2 Å². The van der Waals surface area contributed by atoms with E-state index in [-0.39, 0.29) is 6.10 Å². The maximum atomic E-state index is 5.94. The number of hydrogen-bond donors (Lipinski definition) is 0. The number of fused-ring (bicyclic) bond motifs is 1. The van der Waals surface area contributed by atoms with Gasteiger partial charge >= 0.3 is 0 Å². The van der Waals surface area contributed by atoms with E-state index in [1.54, 1.807) is 0 Å². The summed E-state index contributed by atoms with van der Waals surface area (Å²) in [6.45, 7) is 8.12. The predicted molar refractivity (Wildman–Crippen MR) is 64.6 cm³/mol.